The molecule has 0 atom stereocenters. The van der Waals surface area contributed by atoms with Crippen LogP contribution in [0.2, 0.25) is 0 Å². The standard InChI is InChI=1S/C14H17NO/c1-2-3-4-5-11-6-8-13-12(10-11)7-9-14(16)15-13/h6-10H,2-5H2,1H3,(H,15,16). The van der Waals surface area contributed by atoms with Crippen LogP contribution in [0.15, 0.2) is 35.1 Å². The van der Waals surface area contributed by atoms with Crippen LogP contribution in [0.4, 0.5) is 0 Å². The van der Waals surface area contributed by atoms with E-state index in [1.54, 1.807) is 6.07 Å². The van der Waals surface area contributed by atoms with Gasteiger partial charge < -0.3 is 4.98 Å². The predicted molar refractivity (Wildman–Crippen MR) is 67.8 cm³/mol. The third-order valence-corrected chi connectivity index (χ3v) is 2.86. The highest BCUT2D eigenvalue weighted by Crippen LogP contribution is 2.14. The van der Waals surface area contributed by atoms with E-state index < -0.39 is 0 Å². The molecule has 2 heteroatoms. The molecule has 0 bridgehead atoms. The number of nitrogens with one attached hydrogen (secondary N) is 1. The maximum atomic E-state index is 11.1. The molecule has 84 valence electrons. The van der Waals surface area contributed by atoms with E-state index in [9.17, 15) is 4.79 Å². The Bertz CT molecular complexity index is 527. The molecule has 0 aliphatic carbocycles. The highest BCUT2D eigenvalue weighted by atomic mass is 16.1. The van der Waals surface area contributed by atoms with E-state index in [1.165, 1.54) is 24.8 Å². The molecule has 1 aromatic heterocycles. The largest absolute Gasteiger partial charge is 0.322 e. The monoisotopic (exact) mass is 215 g/mol. The second kappa shape index (κ2) is 4.97. The van der Waals surface area contributed by atoms with Gasteiger partial charge >= 0.3 is 0 Å². The Morgan fingerprint density at radius 3 is 2.81 bits per heavy atom. The number of pyridine rings is 1. The van der Waals surface area contributed by atoms with Gasteiger partial charge in [0.05, 0.1) is 0 Å². The normalized spacial score (nSPS) is 10.8. The molecule has 0 unspecified atom stereocenters. The van der Waals surface area contributed by atoms with Crippen LogP contribution in [-0.4, -0.2) is 4.98 Å². The minimum Gasteiger partial charge on any atom is -0.322 e. The molecule has 1 aromatic carbocycles. The summed E-state index contributed by atoms with van der Waals surface area (Å²) in [6.45, 7) is 2.21. The van der Waals surface area contributed by atoms with E-state index in [2.05, 4.69) is 24.0 Å². The van der Waals surface area contributed by atoms with E-state index in [0.717, 1.165) is 17.3 Å². The second-order valence-corrected chi connectivity index (χ2v) is 4.20. The molecule has 0 amide bonds. The van der Waals surface area contributed by atoms with Crippen molar-refractivity contribution in [2.24, 2.45) is 0 Å². The summed E-state index contributed by atoms with van der Waals surface area (Å²) in [7, 11) is 0. The number of unbranched alkanes of at least 4 members (excludes halogenated alkanes) is 2. The molecular formula is C14H17NO. The van der Waals surface area contributed by atoms with Gasteiger partial charge in [0.15, 0.2) is 0 Å². The van der Waals surface area contributed by atoms with E-state index in [1.807, 2.05) is 12.1 Å². The average molecular weight is 215 g/mol. The lowest BCUT2D eigenvalue weighted by Crippen LogP contribution is -2.02. The van der Waals surface area contributed by atoms with Crippen molar-refractivity contribution in [1.82, 2.24) is 4.98 Å². The van der Waals surface area contributed by atoms with Gasteiger partial charge in [0.1, 0.15) is 0 Å². The van der Waals surface area contributed by atoms with Crippen molar-refractivity contribution >= 4 is 10.9 Å². The molecule has 0 aliphatic heterocycles. The van der Waals surface area contributed by atoms with Gasteiger partial charge in [-0.05, 0) is 42.0 Å². The van der Waals surface area contributed by atoms with Crippen molar-refractivity contribution in [2.45, 2.75) is 32.6 Å². The Morgan fingerprint density at radius 2 is 2.00 bits per heavy atom. The fourth-order valence-electron chi connectivity index (χ4n) is 1.94. The van der Waals surface area contributed by atoms with Crippen LogP contribution in [0, 0.1) is 0 Å². The van der Waals surface area contributed by atoms with Crippen molar-refractivity contribution in [3.05, 3.63) is 46.2 Å². The maximum absolute atomic E-state index is 11.1. The quantitative estimate of drug-likeness (QED) is 0.780. The lowest BCUT2D eigenvalue weighted by molar-refractivity contribution is 0.718. The lowest BCUT2D eigenvalue weighted by Gasteiger charge is -2.03. The highest BCUT2D eigenvalue weighted by molar-refractivity contribution is 5.78. The van der Waals surface area contributed by atoms with E-state index in [-0.39, 0.29) is 5.56 Å². The summed E-state index contributed by atoms with van der Waals surface area (Å²) >= 11 is 0. The van der Waals surface area contributed by atoms with Gasteiger partial charge in [0.2, 0.25) is 5.56 Å². The second-order valence-electron chi connectivity index (χ2n) is 4.20. The van der Waals surface area contributed by atoms with Gasteiger partial charge in [-0.1, -0.05) is 25.8 Å². The highest BCUT2D eigenvalue weighted by Gasteiger charge is 1.97. The summed E-state index contributed by atoms with van der Waals surface area (Å²) in [5.41, 5.74) is 2.24. The van der Waals surface area contributed by atoms with Gasteiger partial charge in [-0.3, -0.25) is 4.79 Å². The summed E-state index contributed by atoms with van der Waals surface area (Å²) in [5, 5.41) is 1.12. The molecule has 0 saturated carbocycles. The molecular weight excluding hydrogens is 198 g/mol. The number of fused-ring (bicyclic) bond motifs is 1. The van der Waals surface area contributed by atoms with Gasteiger partial charge in [0.25, 0.3) is 0 Å². The predicted octanol–water partition coefficient (Wildman–Crippen LogP) is 3.26. The molecule has 2 nitrogen and oxygen atoms in total. The number of hydrogen-bond acceptors (Lipinski definition) is 1. The SMILES string of the molecule is CCCCCc1ccc2[nH]c(=O)ccc2c1. The van der Waals surface area contributed by atoms with Gasteiger partial charge in [0, 0.05) is 11.6 Å². The first-order chi connectivity index (χ1) is 7.79. The molecule has 0 saturated heterocycles. The van der Waals surface area contributed by atoms with Crippen LogP contribution in [0.5, 0.6) is 0 Å². The summed E-state index contributed by atoms with van der Waals surface area (Å²) in [6.07, 6.45) is 4.90. The zero-order valence-corrected chi connectivity index (χ0v) is 9.62. The van der Waals surface area contributed by atoms with Crippen LogP contribution >= 0.6 is 0 Å². The smallest absolute Gasteiger partial charge is 0.248 e. The summed E-state index contributed by atoms with van der Waals surface area (Å²) in [5.74, 6) is 0. The number of aromatic amines is 1. The molecule has 16 heavy (non-hydrogen) atoms. The summed E-state index contributed by atoms with van der Waals surface area (Å²) in [4.78, 5) is 14.0. The number of benzene rings is 1. The molecule has 0 aliphatic rings. The first kappa shape index (κ1) is 10.9. The molecule has 0 spiro atoms. The van der Waals surface area contributed by atoms with Crippen LogP contribution in [0.3, 0.4) is 0 Å². The van der Waals surface area contributed by atoms with E-state index in [0.29, 0.717) is 0 Å². The zero-order valence-electron chi connectivity index (χ0n) is 9.62. The topological polar surface area (TPSA) is 32.9 Å². The zero-order chi connectivity index (χ0) is 11.4. The molecule has 2 aromatic rings. The minimum atomic E-state index is -0.0359. The Kier molecular flexibility index (Phi) is 3.40. The van der Waals surface area contributed by atoms with Gasteiger partial charge in [-0.25, -0.2) is 0 Å². The van der Waals surface area contributed by atoms with Crippen LogP contribution in [0.25, 0.3) is 10.9 Å². The van der Waals surface area contributed by atoms with Crippen molar-refractivity contribution in [3.8, 4) is 0 Å². The lowest BCUT2D eigenvalue weighted by atomic mass is 10.0. The van der Waals surface area contributed by atoms with Crippen LogP contribution < -0.4 is 5.56 Å². The fraction of sp³-hybridized carbons (Fsp3) is 0.357. The summed E-state index contributed by atoms with van der Waals surface area (Å²) < 4.78 is 0. The first-order valence-electron chi connectivity index (χ1n) is 5.91. The number of aryl methyl sites for hydroxylation is 1. The maximum Gasteiger partial charge on any atom is 0.248 e. The van der Waals surface area contributed by atoms with Gasteiger partial charge in [-0.2, -0.15) is 0 Å². The van der Waals surface area contributed by atoms with E-state index >= 15 is 0 Å². The van der Waals surface area contributed by atoms with Crippen molar-refractivity contribution in [3.63, 3.8) is 0 Å². The minimum absolute atomic E-state index is 0.0359. The Morgan fingerprint density at radius 1 is 1.12 bits per heavy atom. The molecule has 2 rings (SSSR count). The first-order valence-corrected chi connectivity index (χ1v) is 5.91. The summed E-state index contributed by atoms with van der Waals surface area (Å²) in [6, 6.07) is 9.74. The molecule has 1 N–H and O–H groups in total. The third kappa shape index (κ3) is 2.51. The van der Waals surface area contributed by atoms with Crippen molar-refractivity contribution in [2.75, 3.05) is 0 Å². The fourth-order valence-corrected chi connectivity index (χ4v) is 1.94. The average Bonchev–Trinajstić information content (AvgIpc) is 2.29. The molecule has 0 radical (unpaired) electrons. The molecule has 1 heterocycles. The Labute approximate surface area is 95.3 Å². The number of aromatic nitrogens is 1. The van der Waals surface area contributed by atoms with Crippen molar-refractivity contribution in [1.29, 1.82) is 0 Å². The van der Waals surface area contributed by atoms with Crippen LogP contribution in [-0.2, 0) is 6.42 Å². The third-order valence-electron chi connectivity index (χ3n) is 2.86. The van der Waals surface area contributed by atoms with Crippen molar-refractivity contribution < 1.29 is 0 Å². The number of rotatable bonds is 4. The number of hydrogen-bond donors (Lipinski definition) is 1. The number of H-pyrrole nitrogens is 1. The van der Waals surface area contributed by atoms with Gasteiger partial charge in [-0.15, -0.1) is 0 Å². The molecule has 0 fully saturated rings. The Balaban J connectivity index is 2.23. The van der Waals surface area contributed by atoms with Crippen LogP contribution in [0.1, 0.15) is 31.7 Å². The van der Waals surface area contributed by atoms with E-state index in [4.69, 9.17) is 0 Å². The Hall–Kier alpha value is -1.57.